The van der Waals surface area contributed by atoms with Crippen molar-refractivity contribution in [3.8, 4) is 0 Å². The first kappa shape index (κ1) is 12.5. The van der Waals surface area contributed by atoms with E-state index in [0.29, 0.717) is 11.5 Å². The van der Waals surface area contributed by atoms with Gasteiger partial charge in [0.2, 0.25) is 0 Å². The lowest BCUT2D eigenvalue weighted by molar-refractivity contribution is 0.102. The maximum Gasteiger partial charge on any atom is 0.275 e. The second-order valence-corrected chi connectivity index (χ2v) is 4.31. The quantitative estimate of drug-likeness (QED) is 0.593. The molecule has 0 aromatic carbocycles. The van der Waals surface area contributed by atoms with Crippen LogP contribution in [0.3, 0.4) is 0 Å². The number of nitrogens with two attached hydrogens (primary N) is 1. The Morgan fingerprint density at radius 3 is 2.78 bits per heavy atom. The number of carbonyl (C=O) groups is 1. The standard InChI is InChI=1S/C11H10BrN5O/c12-7-1-2-10(15-6-7)16-11(18)9-5-8(17-13)3-4-14-9/h1-6H,13H2,(H,14,17)(H,15,16,18). The van der Waals surface area contributed by atoms with Crippen molar-refractivity contribution in [2.45, 2.75) is 0 Å². The van der Waals surface area contributed by atoms with Gasteiger partial charge < -0.3 is 10.7 Å². The highest BCUT2D eigenvalue weighted by atomic mass is 79.9. The Morgan fingerprint density at radius 2 is 2.11 bits per heavy atom. The first-order valence-electron chi connectivity index (χ1n) is 5.04. The molecule has 0 radical (unpaired) electrons. The van der Waals surface area contributed by atoms with Gasteiger partial charge in [-0.3, -0.25) is 15.6 Å². The molecule has 2 aromatic heterocycles. The summed E-state index contributed by atoms with van der Waals surface area (Å²) in [7, 11) is 0. The van der Waals surface area contributed by atoms with Gasteiger partial charge in [0.1, 0.15) is 11.5 Å². The van der Waals surface area contributed by atoms with E-state index in [1.54, 1.807) is 30.5 Å². The number of pyridine rings is 2. The summed E-state index contributed by atoms with van der Waals surface area (Å²) in [6.45, 7) is 0. The molecule has 2 rings (SSSR count). The van der Waals surface area contributed by atoms with Crippen LogP contribution in [0, 0.1) is 0 Å². The normalized spacial score (nSPS) is 9.89. The summed E-state index contributed by atoms with van der Waals surface area (Å²) >= 11 is 3.27. The zero-order valence-electron chi connectivity index (χ0n) is 9.22. The van der Waals surface area contributed by atoms with Gasteiger partial charge in [0, 0.05) is 16.9 Å². The number of nitrogen functional groups attached to an aromatic ring is 1. The summed E-state index contributed by atoms with van der Waals surface area (Å²) in [6.07, 6.45) is 3.10. The molecule has 0 atom stereocenters. The minimum absolute atomic E-state index is 0.259. The van der Waals surface area contributed by atoms with Gasteiger partial charge in [-0.05, 0) is 40.2 Å². The lowest BCUT2D eigenvalue weighted by Gasteiger charge is -2.05. The number of hydrogen-bond donors (Lipinski definition) is 3. The van der Waals surface area contributed by atoms with Gasteiger partial charge >= 0.3 is 0 Å². The molecule has 0 aliphatic heterocycles. The second kappa shape index (κ2) is 5.56. The number of nitrogens with zero attached hydrogens (tertiary/aromatic N) is 2. The molecular weight excluding hydrogens is 298 g/mol. The molecule has 1 amide bonds. The minimum atomic E-state index is -0.345. The number of amides is 1. The van der Waals surface area contributed by atoms with Crippen LogP contribution >= 0.6 is 15.9 Å². The maximum absolute atomic E-state index is 11.9. The Balaban J connectivity index is 2.14. The minimum Gasteiger partial charge on any atom is -0.324 e. The molecule has 0 saturated heterocycles. The smallest absolute Gasteiger partial charge is 0.275 e. The largest absolute Gasteiger partial charge is 0.324 e. The Morgan fingerprint density at radius 1 is 1.28 bits per heavy atom. The van der Waals surface area contributed by atoms with Crippen LogP contribution in [0.15, 0.2) is 41.1 Å². The highest BCUT2D eigenvalue weighted by Crippen LogP contribution is 2.12. The van der Waals surface area contributed by atoms with Crippen molar-refractivity contribution in [3.63, 3.8) is 0 Å². The van der Waals surface area contributed by atoms with E-state index in [9.17, 15) is 4.79 Å². The molecule has 2 heterocycles. The van der Waals surface area contributed by atoms with Gasteiger partial charge in [-0.2, -0.15) is 0 Å². The van der Waals surface area contributed by atoms with Crippen LogP contribution < -0.4 is 16.6 Å². The fourth-order valence-electron chi connectivity index (χ4n) is 1.27. The molecule has 0 saturated carbocycles. The van der Waals surface area contributed by atoms with Crippen molar-refractivity contribution < 1.29 is 4.79 Å². The van der Waals surface area contributed by atoms with Gasteiger partial charge in [0.05, 0.1) is 5.69 Å². The average molecular weight is 308 g/mol. The molecular formula is C11H10BrN5O. The van der Waals surface area contributed by atoms with Crippen LogP contribution in [0.4, 0.5) is 11.5 Å². The van der Waals surface area contributed by atoms with E-state index in [4.69, 9.17) is 5.84 Å². The number of hydrogen-bond acceptors (Lipinski definition) is 5. The van der Waals surface area contributed by atoms with Gasteiger partial charge in [-0.15, -0.1) is 0 Å². The van der Waals surface area contributed by atoms with Crippen LogP contribution in [-0.2, 0) is 0 Å². The van der Waals surface area contributed by atoms with Gasteiger partial charge in [0.25, 0.3) is 5.91 Å². The molecule has 7 heteroatoms. The van der Waals surface area contributed by atoms with Crippen LogP contribution in [0.5, 0.6) is 0 Å². The monoisotopic (exact) mass is 307 g/mol. The predicted molar refractivity (Wildman–Crippen MR) is 71.9 cm³/mol. The molecule has 0 fully saturated rings. The molecule has 0 aliphatic carbocycles. The maximum atomic E-state index is 11.9. The van der Waals surface area contributed by atoms with Crippen molar-refractivity contribution in [2.75, 3.05) is 10.7 Å². The number of aromatic nitrogens is 2. The molecule has 0 spiro atoms. The SMILES string of the molecule is NNc1ccnc(C(=O)Nc2ccc(Br)cn2)c1. The summed E-state index contributed by atoms with van der Waals surface area (Å²) in [5, 5.41) is 2.63. The van der Waals surface area contributed by atoms with Crippen molar-refractivity contribution in [1.29, 1.82) is 0 Å². The molecule has 0 unspecified atom stereocenters. The molecule has 0 bridgehead atoms. The Labute approximate surface area is 112 Å². The number of anilines is 2. The predicted octanol–water partition coefficient (Wildman–Crippen LogP) is 1.78. The highest BCUT2D eigenvalue weighted by Gasteiger charge is 2.08. The summed E-state index contributed by atoms with van der Waals surface area (Å²) in [5.74, 6) is 5.37. The van der Waals surface area contributed by atoms with E-state index in [0.717, 1.165) is 4.47 Å². The highest BCUT2D eigenvalue weighted by molar-refractivity contribution is 9.10. The zero-order valence-corrected chi connectivity index (χ0v) is 10.8. The molecule has 92 valence electrons. The lowest BCUT2D eigenvalue weighted by Crippen LogP contribution is -2.15. The van der Waals surface area contributed by atoms with Crippen LogP contribution in [0.2, 0.25) is 0 Å². The Hall–Kier alpha value is -1.99. The fraction of sp³-hybridized carbons (Fsp3) is 0. The first-order valence-corrected chi connectivity index (χ1v) is 5.84. The van der Waals surface area contributed by atoms with E-state index >= 15 is 0 Å². The summed E-state index contributed by atoms with van der Waals surface area (Å²) < 4.78 is 0.841. The van der Waals surface area contributed by atoms with Crippen molar-refractivity contribution >= 4 is 33.3 Å². The lowest BCUT2D eigenvalue weighted by atomic mass is 10.3. The van der Waals surface area contributed by atoms with Crippen LogP contribution in [0.1, 0.15) is 10.5 Å². The van der Waals surface area contributed by atoms with E-state index in [1.165, 1.54) is 6.20 Å². The van der Waals surface area contributed by atoms with E-state index in [-0.39, 0.29) is 11.6 Å². The topological polar surface area (TPSA) is 92.9 Å². The Kier molecular flexibility index (Phi) is 3.85. The molecule has 0 aliphatic rings. The molecule has 6 nitrogen and oxygen atoms in total. The van der Waals surface area contributed by atoms with Crippen LogP contribution in [0.25, 0.3) is 0 Å². The number of rotatable bonds is 3. The van der Waals surface area contributed by atoms with E-state index in [2.05, 4.69) is 36.6 Å². The summed E-state index contributed by atoms with van der Waals surface area (Å²) in [6, 6.07) is 6.68. The molecule has 2 aromatic rings. The zero-order chi connectivity index (χ0) is 13.0. The van der Waals surface area contributed by atoms with E-state index < -0.39 is 0 Å². The van der Waals surface area contributed by atoms with E-state index in [1.807, 2.05) is 0 Å². The second-order valence-electron chi connectivity index (χ2n) is 3.39. The molecule has 18 heavy (non-hydrogen) atoms. The summed E-state index contributed by atoms with van der Waals surface area (Å²) in [5.41, 5.74) is 3.32. The Bertz CT molecular complexity index is 558. The van der Waals surface area contributed by atoms with Gasteiger partial charge in [0.15, 0.2) is 0 Å². The number of halogens is 1. The third kappa shape index (κ3) is 3.02. The first-order chi connectivity index (χ1) is 8.69. The summed E-state index contributed by atoms with van der Waals surface area (Å²) in [4.78, 5) is 19.9. The van der Waals surface area contributed by atoms with Crippen LogP contribution in [-0.4, -0.2) is 15.9 Å². The average Bonchev–Trinajstić information content (AvgIpc) is 2.41. The molecule has 4 N–H and O–H groups in total. The number of nitrogens with one attached hydrogen (secondary N) is 2. The van der Waals surface area contributed by atoms with Gasteiger partial charge in [-0.25, -0.2) is 4.98 Å². The third-order valence-corrected chi connectivity index (χ3v) is 2.60. The van der Waals surface area contributed by atoms with Crippen molar-refractivity contribution in [3.05, 3.63) is 46.8 Å². The van der Waals surface area contributed by atoms with Gasteiger partial charge in [-0.1, -0.05) is 0 Å². The third-order valence-electron chi connectivity index (χ3n) is 2.13. The number of hydrazine groups is 1. The number of carbonyl (C=O) groups excluding carboxylic acids is 1. The fourth-order valence-corrected chi connectivity index (χ4v) is 1.51. The van der Waals surface area contributed by atoms with Crippen molar-refractivity contribution in [2.24, 2.45) is 5.84 Å². The van der Waals surface area contributed by atoms with Crippen molar-refractivity contribution in [1.82, 2.24) is 9.97 Å².